The van der Waals surface area contributed by atoms with Crippen LogP contribution < -0.4 is 10.6 Å². The number of nitrogens with zero attached hydrogens (tertiary/aromatic N) is 3. The van der Waals surface area contributed by atoms with Crippen molar-refractivity contribution < 1.29 is 32.2 Å². The molecule has 1 saturated heterocycles. The zero-order valence-corrected chi connectivity index (χ0v) is 17.5. The summed E-state index contributed by atoms with van der Waals surface area (Å²) in [5.74, 6) is -2.64. The highest BCUT2D eigenvalue weighted by molar-refractivity contribution is 8.00. The summed E-state index contributed by atoms with van der Waals surface area (Å²) in [4.78, 5) is 44.5. The molecule has 16 heteroatoms. The standard InChI is InChI=1S/C12H14ClN5O7S3/c1-25-17-7(5-4-27-12(14-5)15-6(19)3-13)9(20)16-8-10(21)18(11(8)26-2)28(22,23)24/h4,8,11H,3H2,1-2H3,(H,16,20)(H,14,15,19)(H,22,23,24)/b17-7-/t8-,11-/m1/s1. The van der Waals surface area contributed by atoms with E-state index in [-0.39, 0.29) is 26.7 Å². The van der Waals surface area contributed by atoms with Gasteiger partial charge in [0.2, 0.25) is 5.91 Å². The molecular weight excluding hydrogens is 458 g/mol. The topological polar surface area (TPSA) is 167 Å². The van der Waals surface area contributed by atoms with Gasteiger partial charge in [-0.1, -0.05) is 5.16 Å². The first-order valence-electron chi connectivity index (χ1n) is 7.21. The number of nitrogens with one attached hydrogen (secondary N) is 2. The number of thioether (sulfide) groups is 1. The Morgan fingerprint density at radius 3 is 2.75 bits per heavy atom. The second-order valence-corrected chi connectivity index (χ2v) is 8.40. The summed E-state index contributed by atoms with van der Waals surface area (Å²) in [6.45, 7) is 0. The van der Waals surface area contributed by atoms with Gasteiger partial charge >= 0.3 is 10.3 Å². The second kappa shape index (κ2) is 9.04. The van der Waals surface area contributed by atoms with Crippen molar-refractivity contribution >= 4 is 73.6 Å². The first-order valence-corrected chi connectivity index (χ1v) is 11.3. The number of anilines is 1. The molecule has 2 atom stereocenters. The maximum atomic E-state index is 12.5. The van der Waals surface area contributed by atoms with Gasteiger partial charge < -0.3 is 15.5 Å². The number of β-lactam (4-membered cyclic amide) rings is 1. The Balaban J connectivity index is 2.17. The number of hydrogen-bond donors (Lipinski definition) is 3. The highest BCUT2D eigenvalue weighted by atomic mass is 35.5. The minimum absolute atomic E-state index is 0.0494. The predicted octanol–water partition coefficient (Wildman–Crippen LogP) is -0.510. The van der Waals surface area contributed by atoms with Crippen LogP contribution in [0.25, 0.3) is 0 Å². The lowest BCUT2D eigenvalue weighted by atomic mass is 10.1. The monoisotopic (exact) mass is 471 g/mol. The molecule has 0 spiro atoms. The molecule has 0 aromatic carbocycles. The fourth-order valence-electron chi connectivity index (χ4n) is 2.15. The Kier molecular flexibility index (Phi) is 7.22. The van der Waals surface area contributed by atoms with Gasteiger partial charge in [0.05, 0.1) is 0 Å². The molecule has 0 saturated carbocycles. The van der Waals surface area contributed by atoms with E-state index >= 15 is 0 Å². The van der Waals surface area contributed by atoms with E-state index in [4.69, 9.17) is 16.2 Å². The fraction of sp³-hybridized carbons (Fsp3) is 0.417. The SMILES string of the molecule is CO/N=C(\C(=O)N[C@@H]1C(=O)N(S(=O)(=O)O)[C@@H]1SC)c1csc(NC(=O)CCl)n1. The van der Waals surface area contributed by atoms with Gasteiger partial charge in [0, 0.05) is 5.38 Å². The van der Waals surface area contributed by atoms with E-state index in [9.17, 15) is 22.8 Å². The van der Waals surface area contributed by atoms with Crippen LogP contribution >= 0.6 is 34.7 Å². The average Bonchev–Trinajstić information content (AvgIpc) is 3.08. The van der Waals surface area contributed by atoms with Crippen molar-refractivity contribution in [3.05, 3.63) is 11.1 Å². The summed E-state index contributed by atoms with van der Waals surface area (Å²) in [5.41, 5.74) is -0.253. The van der Waals surface area contributed by atoms with E-state index in [1.165, 1.54) is 18.7 Å². The van der Waals surface area contributed by atoms with Gasteiger partial charge in [-0.15, -0.1) is 34.7 Å². The molecule has 1 aromatic rings. The molecule has 154 valence electrons. The lowest BCUT2D eigenvalue weighted by molar-refractivity contribution is -0.140. The lowest BCUT2D eigenvalue weighted by Crippen LogP contribution is -2.71. The van der Waals surface area contributed by atoms with Crippen molar-refractivity contribution in [3.8, 4) is 0 Å². The quantitative estimate of drug-likeness (QED) is 0.149. The molecule has 1 fully saturated rings. The summed E-state index contributed by atoms with van der Waals surface area (Å²) >= 11 is 7.34. The number of carbonyl (C=O) groups is 3. The van der Waals surface area contributed by atoms with Gasteiger partial charge in [-0.3, -0.25) is 18.9 Å². The minimum Gasteiger partial charge on any atom is -0.398 e. The van der Waals surface area contributed by atoms with Crippen molar-refractivity contribution in [2.75, 3.05) is 24.6 Å². The van der Waals surface area contributed by atoms with Crippen LogP contribution in [0.1, 0.15) is 5.69 Å². The zero-order chi connectivity index (χ0) is 21.1. The van der Waals surface area contributed by atoms with E-state index in [1.54, 1.807) is 0 Å². The number of aromatic nitrogens is 1. The number of carbonyl (C=O) groups excluding carboxylic acids is 3. The number of amides is 3. The normalized spacial score (nSPS) is 19.8. The summed E-state index contributed by atoms with van der Waals surface area (Å²) < 4.78 is 31.8. The Morgan fingerprint density at radius 2 is 2.21 bits per heavy atom. The number of alkyl halides is 1. The molecule has 12 nitrogen and oxygen atoms in total. The van der Waals surface area contributed by atoms with Gasteiger partial charge in [0.15, 0.2) is 10.8 Å². The van der Waals surface area contributed by atoms with Crippen LogP contribution in [-0.2, 0) is 29.5 Å². The molecule has 1 aliphatic rings. The van der Waals surface area contributed by atoms with E-state index in [0.717, 1.165) is 23.1 Å². The molecule has 1 aliphatic heterocycles. The van der Waals surface area contributed by atoms with E-state index < -0.39 is 39.4 Å². The number of rotatable bonds is 8. The van der Waals surface area contributed by atoms with E-state index in [2.05, 4.69) is 25.6 Å². The molecule has 28 heavy (non-hydrogen) atoms. The number of halogens is 1. The maximum absolute atomic E-state index is 12.5. The van der Waals surface area contributed by atoms with Crippen LogP contribution in [0.2, 0.25) is 0 Å². The zero-order valence-electron chi connectivity index (χ0n) is 14.3. The second-order valence-electron chi connectivity index (χ2n) is 5.03. The molecule has 0 aliphatic carbocycles. The molecule has 2 rings (SSSR count). The average molecular weight is 472 g/mol. The third kappa shape index (κ3) is 4.72. The Bertz CT molecular complexity index is 918. The summed E-state index contributed by atoms with van der Waals surface area (Å²) in [7, 11) is -3.55. The molecule has 1 aromatic heterocycles. The van der Waals surface area contributed by atoms with Gasteiger partial charge in [0.25, 0.3) is 11.8 Å². The van der Waals surface area contributed by atoms with Crippen molar-refractivity contribution in [3.63, 3.8) is 0 Å². The largest absolute Gasteiger partial charge is 0.398 e. The van der Waals surface area contributed by atoms with Crippen LogP contribution in [0.15, 0.2) is 10.5 Å². The highest BCUT2D eigenvalue weighted by Crippen LogP contribution is 2.30. The molecule has 3 N–H and O–H groups in total. The van der Waals surface area contributed by atoms with Crippen LogP contribution in [0, 0.1) is 0 Å². The van der Waals surface area contributed by atoms with Crippen molar-refractivity contribution in [2.45, 2.75) is 11.4 Å². The Hall–Kier alpha value is -1.94. The summed E-state index contributed by atoms with van der Waals surface area (Å²) in [5, 5.41) is 8.87. The summed E-state index contributed by atoms with van der Waals surface area (Å²) in [6, 6.07) is -1.21. The minimum atomic E-state index is -4.74. The van der Waals surface area contributed by atoms with Gasteiger partial charge in [-0.2, -0.15) is 12.7 Å². The van der Waals surface area contributed by atoms with Gasteiger partial charge in [-0.25, -0.2) is 4.98 Å². The highest BCUT2D eigenvalue weighted by Gasteiger charge is 2.54. The summed E-state index contributed by atoms with van der Waals surface area (Å²) in [6.07, 6.45) is 1.50. The van der Waals surface area contributed by atoms with E-state index in [1.807, 2.05) is 0 Å². The lowest BCUT2D eigenvalue weighted by Gasteiger charge is -2.42. The molecule has 0 bridgehead atoms. The third-order valence-electron chi connectivity index (χ3n) is 3.29. The molecular formula is C12H14ClN5O7S3. The van der Waals surface area contributed by atoms with E-state index in [0.29, 0.717) is 0 Å². The Labute approximate surface area is 172 Å². The number of thiazole rings is 1. The molecule has 3 amide bonds. The van der Waals surface area contributed by atoms with Crippen LogP contribution in [-0.4, -0.2) is 76.4 Å². The van der Waals surface area contributed by atoms with Gasteiger partial charge in [0.1, 0.15) is 30.1 Å². The maximum Gasteiger partial charge on any atom is 0.363 e. The predicted molar refractivity (Wildman–Crippen MR) is 103 cm³/mol. The van der Waals surface area contributed by atoms with Crippen LogP contribution in [0.3, 0.4) is 0 Å². The van der Waals surface area contributed by atoms with Crippen molar-refractivity contribution in [1.82, 2.24) is 14.6 Å². The van der Waals surface area contributed by atoms with Gasteiger partial charge in [-0.05, 0) is 6.26 Å². The first kappa shape index (κ1) is 22.4. The Morgan fingerprint density at radius 1 is 1.54 bits per heavy atom. The number of oxime groups is 1. The smallest absolute Gasteiger partial charge is 0.363 e. The third-order valence-corrected chi connectivity index (χ3v) is 6.29. The molecule has 0 radical (unpaired) electrons. The van der Waals surface area contributed by atoms with Crippen LogP contribution in [0.5, 0.6) is 0 Å². The molecule has 2 heterocycles. The number of hydrogen-bond acceptors (Lipinski definition) is 10. The molecule has 0 unspecified atom stereocenters. The fourth-order valence-corrected chi connectivity index (χ4v) is 4.99. The van der Waals surface area contributed by atoms with Crippen LogP contribution in [0.4, 0.5) is 5.13 Å². The van der Waals surface area contributed by atoms with Crippen molar-refractivity contribution in [2.24, 2.45) is 5.16 Å². The van der Waals surface area contributed by atoms with Crippen molar-refractivity contribution in [1.29, 1.82) is 0 Å². The first-order chi connectivity index (χ1) is 13.1.